The SMILES string of the molecule is Cc1cc(F)ccc1[C@@H]1C[C@@H](N2CCC(N3CCCCC3)CC2)CCN1C(=O)N(C)Cc1cc(C(F)(F)F)cc(C(F)(F)F)c1.Cc1cc(F)ccc1[C@H]1C[C@H](N2CCC(N3CCCCC3)CC2)CCN1C(=O)N(C)Cc1cc(C(F)(F)F)cc(C(F)(F)F)c1.Cl.Cl.Cl.Cl. The number of halogens is 18. The number of carbonyl (C=O) groups excluding carboxylic acids is 2. The molecule has 0 radical (unpaired) electrons. The third kappa shape index (κ3) is 20.3. The van der Waals surface area contributed by atoms with Crippen LogP contribution in [0.3, 0.4) is 0 Å². The van der Waals surface area contributed by atoms with Crippen molar-refractivity contribution in [3.8, 4) is 0 Å². The minimum atomic E-state index is -4.98. The van der Waals surface area contributed by atoms with Crippen LogP contribution in [0.25, 0.3) is 0 Å². The van der Waals surface area contributed by atoms with E-state index in [-0.39, 0.29) is 85.0 Å². The summed E-state index contributed by atoms with van der Waals surface area (Å²) in [5.74, 6) is -0.799. The van der Waals surface area contributed by atoms with Crippen molar-refractivity contribution in [1.82, 2.24) is 39.2 Å². The van der Waals surface area contributed by atoms with Gasteiger partial charge in [-0.3, -0.25) is 0 Å². The predicted molar refractivity (Wildman–Crippen MR) is 343 cm³/mol. The Balaban J connectivity index is 0.000000327. The number of urea groups is 2. The van der Waals surface area contributed by atoms with E-state index in [0.717, 1.165) is 99.0 Å². The van der Waals surface area contributed by atoms with Crippen LogP contribution in [0.15, 0.2) is 72.8 Å². The Labute approximate surface area is 566 Å². The van der Waals surface area contributed by atoms with Crippen molar-refractivity contribution in [2.75, 3.05) is 79.5 Å². The monoisotopic (exact) mass is 1430 g/mol. The number of benzene rings is 4. The van der Waals surface area contributed by atoms with Gasteiger partial charge in [-0.15, -0.1) is 49.6 Å². The number of likely N-dealkylation sites (tertiary alicyclic amines) is 6. The van der Waals surface area contributed by atoms with Crippen LogP contribution in [0.2, 0.25) is 0 Å². The fraction of sp³-hybridized carbons (Fsp3) is 0.606. The molecule has 10 nitrogen and oxygen atoms in total. The van der Waals surface area contributed by atoms with Gasteiger partial charge in [0, 0.05) is 64.4 Å². The number of rotatable bonds is 10. The van der Waals surface area contributed by atoms with E-state index in [9.17, 15) is 71.1 Å². The molecular formula is C66H86Cl4F14N8O2. The van der Waals surface area contributed by atoms with Gasteiger partial charge in [-0.25, -0.2) is 18.4 Å². The average molecular weight is 1430 g/mol. The molecule has 0 aliphatic carbocycles. The lowest BCUT2D eigenvalue weighted by Crippen LogP contribution is -2.54. The molecule has 0 bridgehead atoms. The highest BCUT2D eigenvalue weighted by Gasteiger charge is 2.43. The van der Waals surface area contributed by atoms with Gasteiger partial charge < -0.3 is 39.2 Å². The molecule has 0 unspecified atom stereocenters. The van der Waals surface area contributed by atoms with E-state index in [1.54, 1.807) is 35.8 Å². The number of hydrogen-bond donors (Lipinski definition) is 0. The van der Waals surface area contributed by atoms with Crippen molar-refractivity contribution in [2.24, 2.45) is 0 Å². The Morgan fingerprint density at radius 3 is 0.947 bits per heavy atom. The van der Waals surface area contributed by atoms with Gasteiger partial charge in [0.2, 0.25) is 0 Å². The van der Waals surface area contributed by atoms with Crippen molar-refractivity contribution < 1.29 is 71.1 Å². The fourth-order valence-electron chi connectivity index (χ4n) is 14.8. The first-order valence-corrected chi connectivity index (χ1v) is 31.5. The van der Waals surface area contributed by atoms with Gasteiger partial charge in [0.05, 0.1) is 34.3 Å². The second kappa shape index (κ2) is 33.8. The highest BCUT2D eigenvalue weighted by Crippen LogP contribution is 2.42. The second-order valence-electron chi connectivity index (χ2n) is 25.6. The standard InChI is InChI=1S/2C33H41F7N4O.4ClH/c2*1-22-16-26(34)6-7-29(22)30-20-28(43-13-8-27(9-14-43)42-11-4-3-5-12-42)10-15-44(30)31(45)41(2)21-23-17-24(32(35,36)37)19-25(18-23)33(38,39)40;;;;/h2*6-7,16-19,27-28,30H,3-5,8-15,20-21H2,1-2H3;4*1H/t2*28-,30-;;;;/m10..../s1. The molecule has 6 fully saturated rings. The van der Waals surface area contributed by atoms with E-state index in [1.165, 1.54) is 76.9 Å². The summed E-state index contributed by atoms with van der Waals surface area (Å²) in [6, 6.07) is 11.3. The number of amides is 4. The lowest BCUT2D eigenvalue weighted by molar-refractivity contribution is -0.144. The second-order valence-corrected chi connectivity index (χ2v) is 25.6. The largest absolute Gasteiger partial charge is 0.416 e. The normalized spacial score (nSPS) is 21.9. The first kappa shape index (κ1) is 80.1. The first-order chi connectivity index (χ1) is 42.4. The molecule has 4 amide bonds. The van der Waals surface area contributed by atoms with E-state index < -0.39 is 95.8 Å². The molecule has 0 saturated carbocycles. The number of nitrogens with zero attached hydrogens (tertiary/aromatic N) is 8. The maximum atomic E-state index is 14.1. The molecule has 6 aliphatic rings. The fourth-order valence-corrected chi connectivity index (χ4v) is 14.8. The van der Waals surface area contributed by atoms with Crippen LogP contribution < -0.4 is 0 Å². The van der Waals surface area contributed by atoms with Gasteiger partial charge in [-0.2, -0.15) is 52.7 Å². The van der Waals surface area contributed by atoms with Gasteiger partial charge in [-0.05, 0) is 237 Å². The lowest BCUT2D eigenvalue weighted by Gasteiger charge is -2.48. The highest BCUT2D eigenvalue weighted by molar-refractivity contribution is 5.86. The Kier molecular flexibility index (Phi) is 28.8. The first-order valence-electron chi connectivity index (χ1n) is 31.5. The molecule has 10 rings (SSSR count). The number of piperidine rings is 6. The molecule has 4 aromatic carbocycles. The van der Waals surface area contributed by atoms with Crippen LogP contribution in [-0.2, 0) is 37.8 Å². The number of alkyl halides is 12. The molecule has 28 heteroatoms. The zero-order valence-electron chi connectivity index (χ0n) is 53.1. The molecule has 6 aliphatic heterocycles. The molecule has 6 saturated heterocycles. The van der Waals surface area contributed by atoms with Crippen LogP contribution >= 0.6 is 49.6 Å². The molecule has 0 spiro atoms. The summed E-state index contributed by atoms with van der Waals surface area (Å²) in [6.07, 6.45) is -5.44. The molecule has 4 atom stereocenters. The average Bonchev–Trinajstić information content (AvgIpc) is 0.808. The minimum Gasteiger partial charge on any atom is -0.323 e. The quantitative estimate of drug-likeness (QED) is 0.148. The van der Waals surface area contributed by atoms with Crippen LogP contribution in [0.5, 0.6) is 0 Å². The summed E-state index contributed by atoms with van der Waals surface area (Å²) in [5, 5.41) is 0. The zero-order chi connectivity index (χ0) is 65.0. The Bertz CT molecular complexity index is 2830. The van der Waals surface area contributed by atoms with Crippen LogP contribution in [0.4, 0.5) is 71.1 Å². The summed E-state index contributed by atoms with van der Waals surface area (Å²) >= 11 is 0. The van der Waals surface area contributed by atoms with Crippen molar-refractivity contribution in [3.63, 3.8) is 0 Å². The summed E-state index contributed by atoms with van der Waals surface area (Å²) in [6.45, 7) is 11.8. The number of carbonyl (C=O) groups is 2. The van der Waals surface area contributed by atoms with Gasteiger partial charge >= 0.3 is 36.8 Å². The summed E-state index contributed by atoms with van der Waals surface area (Å²) in [4.78, 5) is 43.5. The van der Waals surface area contributed by atoms with E-state index in [2.05, 4.69) is 19.6 Å². The van der Waals surface area contributed by atoms with Crippen LogP contribution in [-0.4, -0.2) is 155 Å². The minimum absolute atomic E-state index is 0. The van der Waals surface area contributed by atoms with Crippen molar-refractivity contribution >= 4 is 61.7 Å². The van der Waals surface area contributed by atoms with Crippen molar-refractivity contribution in [1.29, 1.82) is 0 Å². The Hall–Kier alpha value is -4.56. The summed E-state index contributed by atoms with van der Waals surface area (Å²) < 4.78 is 189. The Morgan fingerprint density at radius 2 is 0.670 bits per heavy atom. The predicted octanol–water partition coefficient (Wildman–Crippen LogP) is 17.4. The molecular weight excluding hydrogens is 1340 g/mol. The third-order valence-electron chi connectivity index (χ3n) is 19.5. The number of hydrogen-bond acceptors (Lipinski definition) is 6. The summed E-state index contributed by atoms with van der Waals surface area (Å²) in [7, 11) is 2.75. The van der Waals surface area contributed by atoms with Gasteiger partial charge in [0.25, 0.3) is 0 Å². The number of aryl methyl sites for hydroxylation is 2. The molecule has 0 N–H and O–H groups in total. The topological polar surface area (TPSA) is 60.1 Å². The van der Waals surface area contributed by atoms with Gasteiger partial charge in [0.1, 0.15) is 11.6 Å². The van der Waals surface area contributed by atoms with E-state index in [1.807, 2.05) is 0 Å². The molecule has 94 heavy (non-hydrogen) atoms. The highest BCUT2D eigenvalue weighted by atomic mass is 35.5. The lowest BCUT2D eigenvalue weighted by atomic mass is 9.87. The van der Waals surface area contributed by atoms with Crippen LogP contribution in [0.1, 0.15) is 158 Å². The van der Waals surface area contributed by atoms with Gasteiger partial charge in [-0.1, -0.05) is 25.0 Å². The van der Waals surface area contributed by atoms with E-state index >= 15 is 0 Å². The van der Waals surface area contributed by atoms with Gasteiger partial charge in [0.15, 0.2) is 0 Å². The maximum Gasteiger partial charge on any atom is 0.416 e. The molecule has 6 heterocycles. The van der Waals surface area contributed by atoms with Crippen LogP contribution in [0, 0.1) is 25.5 Å². The zero-order valence-corrected chi connectivity index (χ0v) is 56.4. The molecule has 528 valence electrons. The molecule has 0 aromatic heterocycles. The summed E-state index contributed by atoms with van der Waals surface area (Å²) in [5.41, 5.74) is -3.29. The van der Waals surface area contributed by atoms with E-state index in [4.69, 9.17) is 0 Å². The van der Waals surface area contributed by atoms with Crippen molar-refractivity contribution in [3.05, 3.63) is 140 Å². The third-order valence-corrected chi connectivity index (χ3v) is 19.5. The van der Waals surface area contributed by atoms with Crippen molar-refractivity contribution in [2.45, 2.75) is 178 Å². The Morgan fingerprint density at radius 1 is 0.394 bits per heavy atom. The van der Waals surface area contributed by atoms with E-state index in [0.29, 0.717) is 86.2 Å². The smallest absolute Gasteiger partial charge is 0.323 e. The maximum absolute atomic E-state index is 14.1. The molecule has 4 aromatic rings.